The van der Waals surface area contributed by atoms with Crippen molar-refractivity contribution in [1.29, 1.82) is 0 Å². The molecule has 0 radical (unpaired) electrons. The van der Waals surface area contributed by atoms with E-state index >= 15 is 0 Å². The summed E-state index contributed by atoms with van der Waals surface area (Å²) in [6, 6.07) is 3.83. The normalized spacial score (nSPS) is 10.3. The van der Waals surface area contributed by atoms with Crippen LogP contribution < -0.4 is 0 Å². The van der Waals surface area contributed by atoms with Crippen LogP contribution in [0.25, 0.3) is 11.6 Å². The molecule has 0 saturated carbocycles. The van der Waals surface area contributed by atoms with Gasteiger partial charge in [0.15, 0.2) is 0 Å². The summed E-state index contributed by atoms with van der Waals surface area (Å²) in [7, 11) is 0. The fraction of sp³-hybridized carbons (Fsp3) is 0.125. The molecule has 56 valence electrons. The van der Waals surface area contributed by atoms with Gasteiger partial charge in [0.2, 0.25) is 5.89 Å². The molecular formula is C8H8N2O. The predicted molar refractivity (Wildman–Crippen MR) is 41.0 cm³/mol. The molecule has 0 spiro atoms. The molecular weight excluding hydrogens is 140 g/mol. The number of nitrogens with one attached hydrogen (secondary N) is 1. The highest BCUT2D eigenvalue weighted by molar-refractivity contribution is 5.46. The zero-order valence-electron chi connectivity index (χ0n) is 6.16. The van der Waals surface area contributed by atoms with Gasteiger partial charge >= 0.3 is 0 Å². The smallest absolute Gasteiger partial charge is 0.243 e. The molecule has 1 N–H and O–H groups in total. The topological polar surface area (TPSA) is 41.8 Å². The van der Waals surface area contributed by atoms with Crippen molar-refractivity contribution in [2.45, 2.75) is 6.92 Å². The predicted octanol–water partition coefficient (Wildman–Crippen LogP) is 1.98. The average Bonchev–Trinajstić information content (AvgIpc) is 2.55. The third-order valence-corrected chi connectivity index (χ3v) is 1.45. The molecule has 0 atom stereocenters. The molecule has 3 heteroatoms. The minimum Gasteiger partial charge on any atom is -0.443 e. The fourth-order valence-corrected chi connectivity index (χ4v) is 0.941. The molecule has 2 aromatic rings. The number of hydrogen-bond donors (Lipinski definition) is 1. The number of nitrogens with zero attached hydrogens (tertiary/aromatic N) is 1. The van der Waals surface area contributed by atoms with Crippen molar-refractivity contribution >= 4 is 0 Å². The van der Waals surface area contributed by atoms with Crippen molar-refractivity contribution < 1.29 is 4.42 Å². The maximum atomic E-state index is 5.17. The first-order valence-electron chi connectivity index (χ1n) is 3.42. The summed E-state index contributed by atoms with van der Waals surface area (Å²) in [5.74, 6) is 0.646. The van der Waals surface area contributed by atoms with E-state index in [0.717, 1.165) is 11.4 Å². The van der Waals surface area contributed by atoms with E-state index in [1.54, 1.807) is 6.26 Å². The lowest BCUT2D eigenvalue weighted by atomic mass is 10.4. The SMILES string of the molecule is Cc1coc(-c2ccc[nH]2)n1. The van der Waals surface area contributed by atoms with Crippen LogP contribution >= 0.6 is 0 Å². The number of hydrogen-bond acceptors (Lipinski definition) is 2. The van der Waals surface area contributed by atoms with Gasteiger partial charge in [0.1, 0.15) is 12.0 Å². The lowest BCUT2D eigenvalue weighted by Crippen LogP contribution is -1.75. The van der Waals surface area contributed by atoms with Gasteiger partial charge in [0.05, 0.1) is 5.69 Å². The van der Waals surface area contributed by atoms with Gasteiger partial charge in [-0.3, -0.25) is 0 Å². The first-order valence-corrected chi connectivity index (χ1v) is 3.42. The first-order chi connectivity index (χ1) is 5.36. The Bertz CT molecular complexity index is 335. The molecule has 2 heterocycles. The third-order valence-electron chi connectivity index (χ3n) is 1.45. The molecule has 0 aliphatic heterocycles. The second-order valence-electron chi connectivity index (χ2n) is 2.38. The van der Waals surface area contributed by atoms with Gasteiger partial charge in [-0.1, -0.05) is 0 Å². The first kappa shape index (κ1) is 6.22. The largest absolute Gasteiger partial charge is 0.443 e. The Balaban J connectivity index is 2.45. The van der Waals surface area contributed by atoms with Crippen LogP contribution in [-0.4, -0.2) is 9.97 Å². The number of aryl methyl sites for hydroxylation is 1. The van der Waals surface area contributed by atoms with Crippen molar-refractivity contribution in [2.24, 2.45) is 0 Å². The summed E-state index contributed by atoms with van der Waals surface area (Å²) < 4.78 is 5.17. The Hall–Kier alpha value is -1.51. The highest BCUT2D eigenvalue weighted by Crippen LogP contribution is 2.14. The van der Waals surface area contributed by atoms with E-state index in [-0.39, 0.29) is 0 Å². The molecule has 2 aromatic heterocycles. The fourth-order valence-electron chi connectivity index (χ4n) is 0.941. The van der Waals surface area contributed by atoms with Gasteiger partial charge in [-0.15, -0.1) is 0 Å². The van der Waals surface area contributed by atoms with Crippen LogP contribution in [0.4, 0.5) is 0 Å². The van der Waals surface area contributed by atoms with Crippen LogP contribution in [0.15, 0.2) is 29.0 Å². The monoisotopic (exact) mass is 148 g/mol. The minimum atomic E-state index is 0.646. The van der Waals surface area contributed by atoms with E-state index in [1.807, 2.05) is 25.3 Å². The van der Waals surface area contributed by atoms with Crippen LogP contribution in [0.5, 0.6) is 0 Å². The number of oxazole rings is 1. The highest BCUT2D eigenvalue weighted by atomic mass is 16.3. The van der Waals surface area contributed by atoms with Crippen molar-refractivity contribution in [2.75, 3.05) is 0 Å². The molecule has 2 rings (SSSR count). The molecule has 3 nitrogen and oxygen atoms in total. The van der Waals surface area contributed by atoms with Crippen LogP contribution in [-0.2, 0) is 0 Å². The van der Waals surface area contributed by atoms with Crippen molar-refractivity contribution in [3.05, 3.63) is 30.3 Å². The van der Waals surface area contributed by atoms with Crippen LogP contribution in [0.3, 0.4) is 0 Å². The molecule has 0 aliphatic carbocycles. The van der Waals surface area contributed by atoms with Gasteiger partial charge in [-0.25, -0.2) is 4.98 Å². The molecule has 0 aliphatic rings. The zero-order chi connectivity index (χ0) is 7.68. The van der Waals surface area contributed by atoms with Crippen LogP contribution in [0.2, 0.25) is 0 Å². The van der Waals surface area contributed by atoms with E-state index in [9.17, 15) is 0 Å². The zero-order valence-corrected chi connectivity index (χ0v) is 6.16. The van der Waals surface area contributed by atoms with Crippen molar-refractivity contribution in [3.63, 3.8) is 0 Å². The Kier molecular flexibility index (Phi) is 1.28. The Morgan fingerprint density at radius 1 is 1.55 bits per heavy atom. The quantitative estimate of drug-likeness (QED) is 0.671. The average molecular weight is 148 g/mol. The lowest BCUT2D eigenvalue weighted by molar-refractivity contribution is 0.571. The van der Waals surface area contributed by atoms with Gasteiger partial charge in [0.25, 0.3) is 0 Å². The highest BCUT2D eigenvalue weighted by Gasteiger charge is 2.02. The second kappa shape index (κ2) is 2.27. The van der Waals surface area contributed by atoms with E-state index in [2.05, 4.69) is 9.97 Å². The Morgan fingerprint density at radius 2 is 2.45 bits per heavy atom. The summed E-state index contributed by atoms with van der Waals surface area (Å²) in [6.07, 6.45) is 3.48. The van der Waals surface area contributed by atoms with Crippen LogP contribution in [0.1, 0.15) is 5.69 Å². The molecule has 0 amide bonds. The Morgan fingerprint density at radius 3 is 3.00 bits per heavy atom. The molecule has 0 fully saturated rings. The van der Waals surface area contributed by atoms with Crippen molar-refractivity contribution in [1.82, 2.24) is 9.97 Å². The number of aromatic amines is 1. The van der Waals surface area contributed by atoms with E-state index in [4.69, 9.17) is 4.42 Å². The summed E-state index contributed by atoms with van der Waals surface area (Å²) in [5, 5.41) is 0. The van der Waals surface area contributed by atoms with Gasteiger partial charge < -0.3 is 9.40 Å². The summed E-state index contributed by atoms with van der Waals surface area (Å²) in [5.41, 5.74) is 1.81. The molecule has 11 heavy (non-hydrogen) atoms. The Labute approximate surface area is 64.1 Å². The third kappa shape index (κ3) is 1.05. The van der Waals surface area contributed by atoms with E-state index in [1.165, 1.54) is 0 Å². The summed E-state index contributed by atoms with van der Waals surface area (Å²) in [4.78, 5) is 7.17. The summed E-state index contributed by atoms with van der Waals surface area (Å²) >= 11 is 0. The molecule has 0 bridgehead atoms. The summed E-state index contributed by atoms with van der Waals surface area (Å²) in [6.45, 7) is 1.90. The minimum absolute atomic E-state index is 0.646. The van der Waals surface area contributed by atoms with Gasteiger partial charge in [-0.05, 0) is 19.1 Å². The van der Waals surface area contributed by atoms with Crippen molar-refractivity contribution in [3.8, 4) is 11.6 Å². The van der Waals surface area contributed by atoms with Crippen LogP contribution in [0, 0.1) is 6.92 Å². The van der Waals surface area contributed by atoms with Gasteiger partial charge in [0, 0.05) is 6.20 Å². The maximum absolute atomic E-state index is 5.17. The molecule has 0 unspecified atom stereocenters. The van der Waals surface area contributed by atoms with E-state index in [0.29, 0.717) is 5.89 Å². The number of aromatic nitrogens is 2. The number of H-pyrrole nitrogens is 1. The van der Waals surface area contributed by atoms with Gasteiger partial charge in [-0.2, -0.15) is 0 Å². The standard InChI is InChI=1S/C8H8N2O/c1-6-5-11-8(10-6)7-3-2-4-9-7/h2-5,9H,1H3. The van der Waals surface area contributed by atoms with E-state index < -0.39 is 0 Å². The molecule has 0 saturated heterocycles. The number of rotatable bonds is 1. The second-order valence-corrected chi connectivity index (χ2v) is 2.38. The maximum Gasteiger partial charge on any atom is 0.243 e. The molecule has 0 aromatic carbocycles. The lowest BCUT2D eigenvalue weighted by Gasteiger charge is -1.85.